The second kappa shape index (κ2) is 26.0. The molecule has 2 aromatic heterocycles. The molecule has 0 amide bonds. The summed E-state index contributed by atoms with van der Waals surface area (Å²) in [4.78, 5) is 32.9. The number of carboxylic acid groups (broad SMARTS) is 2. The molecule has 0 unspecified atom stereocenters. The van der Waals surface area contributed by atoms with Crippen molar-refractivity contribution in [2.24, 2.45) is 0 Å². The maximum atomic E-state index is 10.1. The van der Waals surface area contributed by atoms with E-state index in [1.807, 2.05) is 98.7 Å². The van der Waals surface area contributed by atoms with Crippen LogP contribution in [0.3, 0.4) is 0 Å². The van der Waals surface area contributed by atoms with Gasteiger partial charge in [0.05, 0.1) is 23.0 Å². The number of pyridine rings is 2. The van der Waals surface area contributed by atoms with Gasteiger partial charge in [-0.25, -0.2) is 0 Å². The van der Waals surface area contributed by atoms with Crippen LogP contribution in [0.5, 0.6) is 0 Å². The van der Waals surface area contributed by atoms with Crippen molar-refractivity contribution in [1.82, 2.24) is 9.97 Å². The summed E-state index contributed by atoms with van der Waals surface area (Å²) in [6, 6.07) is 27.3. The predicted molar refractivity (Wildman–Crippen MR) is 190 cm³/mol. The van der Waals surface area contributed by atoms with E-state index in [0.717, 1.165) is 56.5 Å². The average molecular weight is 726 g/mol. The standard InChI is InChI=1S/C12H8N2.2C11H13NO2.C2H6O.3H2O.Zn/c1-3-9-5-6-10-4-2-8-14-12(10)11(9)13-7-1;2*1-12(2)10-6-3-9(4-7-10)5-8-11(13)14;1-2-3;;;;/h1-8H;2*3-8H,1-2H3,(H,13,14);3H,2H2,1H3;3*1H2;/q;;;;;;;+2/p-2/b;2*8-5+;;;;;. The normalized spacial score (nSPS) is 9.43. The summed E-state index contributed by atoms with van der Waals surface area (Å²) >= 11 is 0. The number of anilines is 2. The van der Waals surface area contributed by atoms with E-state index in [1.165, 1.54) is 12.2 Å². The molecule has 13 heteroatoms. The van der Waals surface area contributed by atoms with Crippen molar-refractivity contribution in [3.8, 4) is 0 Å². The van der Waals surface area contributed by atoms with Gasteiger partial charge < -0.3 is 51.1 Å². The number of aliphatic hydroxyl groups excluding tert-OH is 1. The van der Waals surface area contributed by atoms with Crippen LogP contribution >= 0.6 is 0 Å². The number of nitrogens with zero attached hydrogens (tertiary/aromatic N) is 4. The first-order valence-corrected chi connectivity index (χ1v) is 14.1. The molecule has 0 atom stereocenters. The Morgan fingerprint density at radius 2 is 0.939 bits per heavy atom. The molecule has 49 heavy (non-hydrogen) atoms. The number of carbonyl (C=O) groups excluding carboxylic acids is 2. The first-order chi connectivity index (χ1) is 21.5. The first kappa shape index (κ1) is 48.4. The van der Waals surface area contributed by atoms with Crippen molar-refractivity contribution in [3.05, 3.63) is 121 Å². The Morgan fingerprint density at radius 1 is 0.633 bits per heavy atom. The zero-order chi connectivity index (χ0) is 33.2. The van der Waals surface area contributed by atoms with Crippen molar-refractivity contribution in [2.75, 3.05) is 44.6 Å². The van der Waals surface area contributed by atoms with Gasteiger partial charge in [-0.1, -0.05) is 60.7 Å². The smallest absolute Gasteiger partial charge is 0.545 e. The van der Waals surface area contributed by atoms with Gasteiger partial charge in [0.25, 0.3) is 0 Å². The summed E-state index contributed by atoms with van der Waals surface area (Å²) in [7, 11) is 7.80. The number of rotatable bonds is 6. The molecule has 0 saturated heterocycles. The van der Waals surface area contributed by atoms with E-state index in [9.17, 15) is 19.8 Å². The molecule has 0 saturated carbocycles. The molecule has 0 aliphatic carbocycles. The van der Waals surface area contributed by atoms with Crippen molar-refractivity contribution < 1.29 is 60.8 Å². The number of benzene rings is 3. The third-order valence-corrected chi connectivity index (χ3v) is 5.99. The van der Waals surface area contributed by atoms with Gasteiger partial charge in [-0.3, -0.25) is 9.97 Å². The third kappa shape index (κ3) is 17.6. The summed E-state index contributed by atoms with van der Waals surface area (Å²) < 4.78 is 0. The number of carbonyl (C=O) groups is 2. The van der Waals surface area contributed by atoms with Crippen molar-refractivity contribution in [1.29, 1.82) is 0 Å². The topological polar surface area (TPSA) is 227 Å². The second-order valence-corrected chi connectivity index (χ2v) is 9.81. The summed E-state index contributed by atoms with van der Waals surface area (Å²) in [5.74, 6) is -2.36. The first-order valence-electron chi connectivity index (χ1n) is 14.1. The molecule has 12 nitrogen and oxygen atoms in total. The summed E-state index contributed by atoms with van der Waals surface area (Å²) in [6.45, 7) is 1.93. The third-order valence-electron chi connectivity index (χ3n) is 5.99. The van der Waals surface area contributed by atoms with Gasteiger partial charge >= 0.3 is 19.5 Å². The van der Waals surface area contributed by atoms with E-state index < -0.39 is 11.9 Å². The zero-order valence-electron chi connectivity index (χ0n) is 28.3. The SMILES string of the molecule is CCO.CN(C)c1ccc(/C=C/C(=O)[O-])cc1.CN(C)c1ccc(/C=C/C(=O)[O-])cc1.O.O.O.[Zn+2].c1cnc2c(c1)ccc1cccnc12. The van der Waals surface area contributed by atoms with E-state index >= 15 is 0 Å². The molecule has 258 valence electrons. The summed E-state index contributed by atoms with van der Waals surface area (Å²) in [6.07, 6.45) is 8.66. The molecule has 2 heterocycles. The van der Waals surface area contributed by atoms with Crippen LogP contribution in [0.4, 0.5) is 11.4 Å². The van der Waals surface area contributed by atoms with Crippen LogP contribution < -0.4 is 20.0 Å². The number of aliphatic carboxylic acids is 2. The molecular formula is C36H44N4O8Zn. The van der Waals surface area contributed by atoms with Gasteiger partial charge in [-0.2, -0.15) is 0 Å². The molecule has 0 bridgehead atoms. The fourth-order valence-corrected chi connectivity index (χ4v) is 3.78. The second-order valence-electron chi connectivity index (χ2n) is 9.81. The van der Waals surface area contributed by atoms with Crippen LogP contribution in [-0.2, 0) is 29.1 Å². The van der Waals surface area contributed by atoms with Gasteiger partial charge in [0, 0.05) is 69.3 Å². The van der Waals surface area contributed by atoms with Crippen LogP contribution in [-0.4, -0.2) is 78.2 Å². The summed E-state index contributed by atoms with van der Waals surface area (Å²) in [5.41, 5.74) is 5.81. The van der Waals surface area contributed by atoms with E-state index in [2.05, 4.69) is 34.2 Å². The molecular weight excluding hydrogens is 682 g/mol. The Kier molecular flexibility index (Phi) is 25.6. The van der Waals surface area contributed by atoms with E-state index in [4.69, 9.17) is 5.11 Å². The Bertz CT molecular complexity index is 1590. The van der Waals surface area contributed by atoms with Gasteiger partial charge in [0.1, 0.15) is 0 Å². The minimum absolute atomic E-state index is 0. The number of aliphatic hydroxyl groups is 1. The van der Waals surface area contributed by atoms with E-state index in [-0.39, 0.29) is 42.5 Å². The van der Waals surface area contributed by atoms with E-state index in [1.54, 1.807) is 19.3 Å². The van der Waals surface area contributed by atoms with Gasteiger partial charge in [-0.15, -0.1) is 0 Å². The molecule has 5 rings (SSSR count). The minimum atomic E-state index is -1.18. The largest absolute Gasteiger partial charge is 2.00 e. The average Bonchev–Trinajstić information content (AvgIpc) is 3.04. The van der Waals surface area contributed by atoms with Crippen LogP contribution in [0.25, 0.3) is 34.0 Å². The Morgan fingerprint density at radius 3 is 1.20 bits per heavy atom. The van der Waals surface area contributed by atoms with Gasteiger partial charge in [0.2, 0.25) is 0 Å². The minimum Gasteiger partial charge on any atom is -0.545 e. The van der Waals surface area contributed by atoms with Gasteiger partial charge in [0.15, 0.2) is 0 Å². The maximum absolute atomic E-state index is 10.1. The molecule has 3 aromatic carbocycles. The fourth-order valence-electron chi connectivity index (χ4n) is 3.78. The monoisotopic (exact) mass is 724 g/mol. The van der Waals surface area contributed by atoms with Crippen LogP contribution in [0, 0.1) is 0 Å². The van der Waals surface area contributed by atoms with Gasteiger partial charge in [-0.05, 0) is 66.6 Å². The Hall–Kier alpha value is -5.04. The van der Waals surface area contributed by atoms with Crippen LogP contribution in [0.15, 0.2) is 109 Å². The molecule has 0 fully saturated rings. The van der Waals surface area contributed by atoms with Crippen molar-refractivity contribution >= 4 is 57.3 Å². The molecule has 0 aliphatic rings. The number of hydrogen-bond acceptors (Lipinski definition) is 9. The molecule has 0 spiro atoms. The number of aromatic nitrogens is 2. The van der Waals surface area contributed by atoms with Crippen molar-refractivity contribution in [3.63, 3.8) is 0 Å². The fraction of sp³-hybridized carbons (Fsp3) is 0.167. The van der Waals surface area contributed by atoms with E-state index in [0.29, 0.717) is 0 Å². The maximum Gasteiger partial charge on any atom is 2.00 e. The molecule has 0 aliphatic heterocycles. The number of carboxylic acids is 2. The molecule has 0 radical (unpaired) electrons. The van der Waals surface area contributed by atoms with Crippen molar-refractivity contribution in [2.45, 2.75) is 6.92 Å². The van der Waals surface area contributed by atoms with Crippen LogP contribution in [0.2, 0.25) is 0 Å². The molecule has 5 aromatic rings. The Balaban J connectivity index is -0.000000598. The molecule has 7 N–H and O–H groups in total. The quantitative estimate of drug-likeness (QED) is 0.151. The zero-order valence-corrected chi connectivity index (χ0v) is 31.3. The van der Waals surface area contributed by atoms with Crippen LogP contribution in [0.1, 0.15) is 18.1 Å². The number of hydrogen-bond donors (Lipinski definition) is 1. The summed E-state index contributed by atoms with van der Waals surface area (Å²) in [5, 5.41) is 30.1. The number of fused-ring (bicyclic) bond motifs is 3. The Labute approximate surface area is 299 Å². The predicted octanol–water partition coefficient (Wildman–Crippen LogP) is 1.34.